The molecule has 1 aromatic carbocycles. The molecular formula is C16H15N7. The van der Waals surface area contributed by atoms with Crippen molar-refractivity contribution in [2.75, 3.05) is 5.73 Å². The molecule has 0 aliphatic rings. The lowest BCUT2D eigenvalue weighted by Gasteiger charge is -2.06. The zero-order valence-corrected chi connectivity index (χ0v) is 12.6. The van der Waals surface area contributed by atoms with Crippen molar-refractivity contribution < 1.29 is 0 Å². The van der Waals surface area contributed by atoms with Crippen molar-refractivity contribution in [3.8, 4) is 5.82 Å². The molecule has 0 unspecified atom stereocenters. The average molecular weight is 305 g/mol. The summed E-state index contributed by atoms with van der Waals surface area (Å²) in [6, 6.07) is 12.0. The summed E-state index contributed by atoms with van der Waals surface area (Å²) in [6.45, 7) is 2.55. The number of hydrogen-bond acceptors (Lipinski definition) is 5. The maximum Gasteiger partial charge on any atom is 0.224 e. The molecule has 7 heteroatoms. The Hall–Kier alpha value is -3.22. The number of rotatable bonds is 3. The summed E-state index contributed by atoms with van der Waals surface area (Å²) in [5.74, 6) is 0.843. The van der Waals surface area contributed by atoms with Gasteiger partial charge in [-0.3, -0.25) is 0 Å². The van der Waals surface area contributed by atoms with Gasteiger partial charge in [-0.25, -0.2) is 9.36 Å². The number of nitrogens with zero attached hydrogens (tertiary/aromatic N) is 6. The highest BCUT2D eigenvalue weighted by molar-refractivity contribution is 5.83. The molecule has 0 radical (unpaired) electrons. The molecule has 0 bridgehead atoms. The van der Waals surface area contributed by atoms with E-state index in [9.17, 15) is 0 Å². The van der Waals surface area contributed by atoms with E-state index in [4.69, 9.17) is 5.73 Å². The van der Waals surface area contributed by atoms with Crippen LogP contribution in [0.3, 0.4) is 0 Å². The van der Waals surface area contributed by atoms with E-state index >= 15 is 0 Å². The predicted molar refractivity (Wildman–Crippen MR) is 87.1 cm³/mol. The molecule has 23 heavy (non-hydrogen) atoms. The van der Waals surface area contributed by atoms with Crippen molar-refractivity contribution >= 4 is 17.0 Å². The highest BCUT2D eigenvalue weighted by Crippen LogP contribution is 2.20. The molecule has 4 aromatic rings. The summed E-state index contributed by atoms with van der Waals surface area (Å²) in [7, 11) is 0. The van der Waals surface area contributed by atoms with Gasteiger partial charge in [-0.2, -0.15) is 20.2 Å². The summed E-state index contributed by atoms with van der Waals surface area (Å²) >= 11 is 0. The van der Waals surface area contributed by atoms with Crippen LogP contribution in [0.15, 0.2) is 48.8 Å². The maximum atomic E-state index is 5.89. The number of nitrogens with two attached hydrogens (primary N) is 1. The first-order valence-electron chi connectivity index (χ1n) is 7.26. The smallest absolute Gasteiger partial charge is 0.224 e. The fourth-order valence-electron chi connectivity index (χ4n) is 2.54. The monoisotopic (exact) mass is 305 g/mol. The standard InChI is InChI=1S/C16H15N7/c1-11-7-8-22(21-11)14-13-9-18-23(15(13)20-16(17)19-14)10-12-5-3-2-4-6-12/h2-9H,10H2,1H3,(H2,17,19,20). The molecule has 0 fully saturated rings. The third kappa shape index (κ3) is 2.42. The molecule has 114 valence electrons. The Kier molecular flexibility index (Phi) is 3.04. The van der Waals surface area contributed by atoms with E-state index in [0.717, 1.165) is 16.6 Å². The Morgan fingerprint density at radius 3 is 2.65 bits per heavy atom. The van der Waals surface area contributed by atoms with Gasteiger partial charge in [0, 0.05) is 6.20 Å². The van der Waals surface area contributed by atoms with E-state index in [-0.39, 0.29) is 5.95 Å². The van der Waals surface area contributed by atoms with Gasteiger partial charge in [-0.05, 0) is 18.6 Å². The van der Waals surface area contributed by atoms with Gasteiger partial charge in [-0.1, -0.05) is 30.3 Å². The Labute approximate surface area is 132 Å². The average Bonchev–Trinajstić information content (AvgIpc) is 3.15. The van der Waals surface area contributed by atoms with E-state index in [2.05, 4.69) is 32.3 Å². The molecule has 0 atom stereocenters. The van der Waals surface area contributed by atoms with Crippen LogP contribution in [-0.2, 0) is 6.54 Å². The normalized spacial score (nSPS) is 11.2. The van der Waals surface area contributed by atoms with Crippen molar-refractivity contribution in [3.05, 3.63) is 60.0 Å². The number of hydrogen-bond donors (Lipinski definition) is 1. The Balaban J connectivity index is 1.85. The second-order valence-corrected chi connectivity index (χ2v) is 5.33. The largest absolute Gasteiger partial charge is 0.368 e. The van der Waals surface area contributed by atoms with E-state index in [1.54, 1.807) is 10.9 Å². The number of benzene rings is 1. The molecule has 2 N–H and O–H groups in total. The van der Waals surface area contributed by atoms with Gasteiger partial charge in [0.2, 0.25) is 5.95 Å². The Bertz CT molecular complexity index is 969. The summed E-state index contributed by atoms with van der Waals surface area (Å²) in [4.78, 5) is 8.67. The van der Waals surface area contributed by atoms with Crippen LogP contribution in [0.4, 0.5) is 5.95 Å². The Morgan fingerprint density at radius 2 is 1.91 bits per heavy atom. The van der Waals surface area contributed by atoms with Crippen LogP contribution < -0.4 is 5.73 Å². The van der Waals surface area contributed by atoms with E-state index in [1.807, 2.05) is 42.1 Å². The van der Waals surface area contributed by atoms with Gasteiger partial charge in [0.1, 0.15) is 0 Å². The molecule has 0 saturated carbocycles. The molecule has 0 amide bonds. The van der Waals surface area contributed by atoms with Crippen molar-refractivity contribution in [1.29, 1.82) is 0 Å². The van der Waals surface area contributed by atoms with Gasteiger partial charge in [0.15, 0.2) is 11.5 Å². The van der Waals surface area contributed by atoms with Gasteiger partial charge in [0.05, 0.1) is 23.8 Å². The van der Waals surface area contributed by atoms with Crippen LogP contribution in [0.1, 0.15) is 11.3 Å². The number of fused-ring (bicyclic) bond motifs is 1. The number of nitrogen functional groups attached to an aromatic ring is 1. The molecule has 0 aliphatic heterocycles. The lowest BCUT2D eigenvalue weighted by atomic mass is 10.2. The van der Waals surface area contributed by atoms with Crippen LogP contribution in [0.5, 0.6) is 0 Å². The molecule has 4 rings (SSSR count). The molecule has 0 spiro atoms. The van der Waals surface area contributed by atoms with E-state index < -0.39 is 0 Å². The molecule has 3 aromatic heterocycles. The zero-order chi connectivity index (χ0) is 15.8. The third-order valence-electron chi connectivity index (χ3n) is 3.61. The highest BCUT2D eigenvalue weighted by atomic mass is 15.3. The van der Waals surface area contributed by atoms with Gasteiger partial charge < -0.3 is 5.73 Å². The van der Waals surface area contributed by atoms with Crippen LogP contribution in [0.2, 0.25) is 0 Å². The molecule has 3 heterocycles. The molecular weight excluding hydrogens is 290 g/mol. The summed E-state index contributed by atoms with van der Waals surface area (Å²) in [5, 5.41) is 9.66. The first-order chi connectivity index (χ1) is 11.2. The second kappa shape index (κ2) is 5.20. The third-order valence-corrected chi connectivity index (χ3v) is 3.61. The van der Waals surface area contributed by atoms with Crippen molar-refractivity contribution in [2.45, 2.75) is 13.5 Å². The van der Waals surface area contributed by atoms with Crippen LogP contribution in [0.25, 0.3) is 16.9 Å². The minimum Gasteiger partial charge on any atom is -0.368 e. The second-order valence-electron chi connectivity index (χ2n) is 5.33. The van der Waals surface area contributed by atoms with Crippen LogP contribution in [0, 0.1) is 6.92 Å². The zero-order valence-electron chi connectivity index (χ0n) is 12.6. The first-order valence-corrected chi connectivity index (χ1v) is 7.26. The molecule has 7 nitrogen and oxygen atoms in total. The lowest BCUT2D eigenvalue weighted by Crippen LogP contribution is -2.07. The number of aromatic nitrogens is 6. The topological polar surface area (TPSA) is 87.4 Å². The SMILES string of the molecule is Cc1ccn(-c2nc(N)nc3c2cnn3Cc2ccccc2)n1. The molecule has 0 saturated heterocycles. The van der Waals surface area contributed by atoms with E-state index in [0.29, 0.717) is 18.0 Å². The fourth-order valence-corrected chi connectivity index (χ4v) is 2.54. The summed E-state index contributed by atoms with van der Waals surface area (Å²) < 4.78 is 3.52. The number of anilines is 1. The quantitative estimate of drug-likeness (QED) is 0.625. The maximum absolute atomic E-state index is 5.89. The van der Waals surface area contributed by atoms with E-state index in [1.165, 1.54) is 0 Å². The summed E-state index contributed by atoms with van der Waals surface area (Å²) in [6.07, 6.45) is 3.61. The highest BCUT2D eigenvalue weighted by Gasteiger charge is 2.14. The minimum absolute atomic E-state index is 0.204. The first kappa shape index (κ1) is 13.4. The molecule has 0 aliphatic carbocycles. The van der Waals surface area contributed by atoms with Crippen molar-refractivity contribution in [3.63, 3.8) is 0 Å². The van der Waals surface area contributed by atoms with Crippen LogP contribution >= 0.6 is 0 Å². The predicted octanol–water partition coefficient (Wildman–Crippen LogP) is 1.95. The minimum atomic E-state index is 0.204. The Morgan fingerprint density at radius 1 is 1.09 bits per heavy atom. The number of aryl methyl sites for hydroxylation is 1. The summed E-state index contributed by atoms with van der Waals surface area (Å²) in [5.41, 5.74) is 8.64. The van der Waals surface area contributed by atoms with Crippen LogP contribution in [-0.4, -0.2) is 29.5 Å². The lowest BCUT2D eigenvalue weighted by molar-refractivity contribution is 0.704. The fraction of sp³-hybridized carbons (Fsp3) is 0.125. The van der Waals surface area contributed by atoms with Crippen molar-refractivity contribution in [2.24, 2.45) is 0 Å². The van der Waals surface area contributed by atoms with Gasteiger partial charge in [0.25, 0.3) is 0 Å². The van der Waals surface area contributed by atoms with Gasteiger partial charge >= 0.3 is 0 Å². The van der Waals surface area contributed by atoms with Crippen molar-refractivity contribution in [1.82, 2.24) is 29.5 Å². The van der Waals surface area contributed by atoms with Gasteiger partial charge in [-0.15, -0.1) is 0 Å².